The van der Waals surface area contributed by atoms with E-state index in [9.17, 15) is 0 Å². The summed E-state index contributed by atoms with van der Waals surface area (Å²) in [6, 6.07) is 0. The van der Waals surface area contributed by atoms with Gasteiger partial charge < -0.3 is 0 Å². The molecule has 0 amide bonds. The number of hydrogen-bond acceptors (Lipinski definition) is 3. The first-order valence-electron chi connectivity index (χ1n) is 6.44. The van der Waals surface area contributed by atoms with Gasteiger partial charge in [0.2, 0.25) is 0 Å². The summed E-state index contributed by atoms with van der Waals surface area (Å²) in [4.78, 5) is 0. The lowest BCUT2D eigenvalue weighted by Crippen LogP contribution is -2.07. The molecule has 88 valence electrons. The zero-order chi connectivity index (χ0) is 10.3. The highest BCUT2D eigenvalue weighted by molar-refractivity contribution is 9.09. The first-order valence-corrected chi connectivity index (χ1v) is 10.0. The molecule has 0 aromatic rings. The van der Waals surface area contributed by atoms with Gasteiger partial charge in [0, 0.05) is 10.5 Å². The van der Waals surface area contributed by atoms with Gasteiger partial charge in [-0.1, -0.05) is 60.1 Å². The van der Waals surface area contributed by atoms with Crippen molar-refractivity contribution in [1.82, 2.24) is 0 Å². The molecule has 0 aliphatic heterocycles. The fourth-order valence-electron chi connectivity index (χ4n) is 2.46. The maximum atomic E-state index is 2.17. The van der Waals surface area contributed by atoms with Crippen molar-refractivity contribution in [3.8, 4) is 0 Å². The van der Waals surface area contributed by atoms with Gasteiger partial charge in [-0.25, -0.2) is 0 Å². The summed E-state index contributed by atoms with van der Waals surface area (Å²) in [5, 5.41) is 1.94. The second-order valence-electron chi connectivity index (χ2n) is 4.78. The Kier molecular flexibility index (Phi) is 6.16. The van der Waals surface area contributed by atoms with Crippen LogP contribution in [0, 0.1) is 0 Å². The summed E-state index contributed by atoms with van der Waals surface area (Å²) in [7, 11) is 6.44. The quantitative estimate of drug-likeness (QED) is 0.598. The molecule has 0 nitrogen and oxygen atoms in total. The Morgan fingerprint density at radius 3 is 1.33 bits per heavy atom. The lowest BCUT2D eigenvalue weighted by molar-refractivity contribution is 0.517. The molecular weight excluding hydrogens is 240 g/mol. The van der Waals surface area contributed by atoms with Gasteiger partial charge in [0.15, 0.2) is 0 Å². The molecule has 2 aliphatic rings. The maximum Gasteiger partial charge on any atom is 0.0159 e. The van der Waals surface area contributed by atoms with E-state index in [1.807, 2.05) is 0 Å². The second-order valence-corrected chi connectivity index (χ2v) is 9.42. The Morgan fingerprint density at radius 1 is 0.533 bits per heavy atom. The van der Waals surface area contributed by atoms with E-state index in [0.29, 0.717) is 0 Å². The molecule has 0 aromatic carbocycles. The molecule has 0 N–H and O–H groups in total. The molecule has 0 spiro atoms. The second kappa shape index (κ2) is 7.39. The molecule has 0 atom stereocenters. The van der Waals surface area contributed by atoms with Crippen LogP contribution in [0.1, 0.15) is 64.2 Å². The molecule has 0 aromatic heterocycles. The Labute approximate surface area is 106 Å². The van der Waals surface area contributed by atoms with Crippen molar-refractivity contribution in [3.05, 3.63) is 0 Å². The molecule has 0 bridgehead atoms. The normalized spacial score (nSPS) is 25.6. The SMILES string of the molecule is C1CCC(SSSC2CCCCC2)CC1. The smallest absolute Gasteiger partial charge is 0.0159 e. The van der Waals surface area contributed by atoms with Gasteiger partial charge in [0.1, 0.15) is 0 Å². The largest absolute Gasteiger partial charge is 0.0791 e. The first-order chi connectivity index (χ1) is 7.45. The highest BCUT2D eigenvalue weighted by Crippen LogP contribution is 2.46. The Hall–Kier alpha value is 1.05. The average Bonchev–Trinajstić information content (AvgIpc) is 2.32. The van der Waals surface area contributed by atoms with Crippen molar-refractivity contribution in [1.29, 1.82) is 0 Å². The third kappa shape index (κ3) is 4.82. The van der Waals surface area contributed by atoms with Gasteiger partial charge in [0.05, 0.1) is 0 Å². The topological polar surface area (TPSA) is 0 Å². The van der Waals surface area contributed by atoms with E-state index in [1.165, 1.54) is 64.2 Å². The van der Waals surface area contributed by atoms with Crippen LogP contribution < -0.4 is 0 Å². The monoisotopic (exact) mass is 262 g/mol. The predicted octanol–water partition coefficient (Wildman–Crippen LogP) is 5.68. The Morgan fingerprint density at radius 2 is 0.933 bits per heavy atom. The Bertz CT molecular complexity index is 142. The van der Waals surface area contributed by atoms with Crippen LogP contribution in [-0.4, -0.2) is 10.5 Å². The van der Waals surface area contributed by atoms with Crippen LogP contribution in [0.25, 0.3) is 0 Å². The standard InChI is InChI=1S/C12H22S3/c1-3-7-11(8-4-1)13-15-14-12-9-5-2-6-10-12/h11-12H,1-10H2. The summed E-state index contributed by atoms with van der Waals surface area (Å²) in [6.07, 6.45) is 14.8. The fourth-order valence-corrected chi connectivity index (χ4v) is 8.14. The zero-order valence-electron chi connectivity index (χ0n) is 9.45. The number of rotatable bonds is 4. The first kappa shape index (κ1) is 12.5. The molecule has 0 heterocycles. The highest BCUT2D eigenvalue weighted by atomic mass is 33.5. The minimum Gasteiger partial charge on any atom is -0.0791 e. The van der Waals surface area contributed by atoms with Crippen molar-refractivity contribution in [2.24, 2.45) is 0 Å². The lowest BCUT2D eigenvalue weighted by atomic mass is 10.0. The average molecular weight is 263 g/mol. The molecule has 3 heteroatoms. The van der Waals surface area contributed by atoms with Crippen LogP contribution >= 0.6 is 31.4 Å². The lowest BCUT2D eigenvalue weighted by Gasteiger charge is -2.23. The Balaban J connectivity index is 1.53. The molecule has 0 unspecified atom stereocenters. The van der Waals surface area contributed by atoms with Gasteiger partial charge in [-0.2, -0.15) is 0 Å². The fraction of sp³-hybridized carbons (Fsp3) is 1.00. The van der Waals surface area contributed by atoms with Gasteiger partial charge in [-0.15, -0.1) is 0 Å². The van der Waals surface area contributed by atoms with E-state index in [0.717, 1.165) is 10.5 Å². The molecule has 2 fully saturated rings. The number of hydrogen-bond donors (Lipinski definition) is 0. The summed E-state index contributed by atoms with van der Waals surface area (Å²) in [6.45, 7) is 0. The third-order valence-electron chi connectivity index (χ3n) is 3.46. The van der Waals surface area contributed by atoms with Gasteiger partial charge in [-0.05, 0) is 35.5 Å². The summed E-state index contributed by atoms with van der Waals surface area (Å²) in [5.74, 6) is 0. The van der Waals surface area contributed by atoms with Crippen LogP contribution in [-0.2, 0) is 0 Å². The minimum absolute atomic E-state index is 0.972. The van der Waals surface area contributed by atoms with Crippen LogP contribution in [0.15, 0.2) is 0 Å². The maximum absolute atomic E-state index is 2.17. The van der Waals surface area contributed by atoms with E-state index in [4.69, 9.17) is 0 Å². The van der Waals surface area contributed by atoms with E-state index in [-0.39, 0.29) is 0 Å². The van der Waals surface area contributed by atoms with Crippen LogP contribution in [0.3, 0.4) is 0 Å². The molecule has 2 saturated carbocycles. The predicted molar refractivity (Wildman–Crippen MR) is 76.5 cm³/mol. The van der Waals surface area contributed by atoms with Crippen LogP contribution in [0.5, 0.6) is 0 Å². The van der Waals surface area contributed by atoms with Gasteiger partial charge in [0.25, 0.3) is 0 Å². The molecule has 2 rings (SSSR count). The molecule has 15 heavy (non-hydrogen) atoms. The van der Waals surface area contributed by atoms with Crippen molar-refractivity contribution in [2.75, 3.05) is 0 Å². The van der Waals surface area contributed by atoms with Crippen molar-refractivity contribution in [3.63, 3.8) is 0 Å². The van der Waals surface area contributed by atoms with E-state index in [1.54, 1.807) is 0 Å². The van der Waals surface area contributed by atoms with Crippen LogP contribution in [0.2, 0.25) is 0 Å². The molecule has 2 aliphatic carbocycles. The van der Waals surface area contributed by atoms with Gasteiger partial charge >= 0.3 is 0 Å². The van der Waals surface area contributed by atoms with Crippen molar-refractivity contribution >= 4 is 31.4 Å². The molecular formula is C12H22S3. The third-order valence-corrected chi connectivity index (χ3v) is 8.62. The summed E-state index contributed by atoms with van der Waals surface area (Å²) < 4.78 is 0. The van der Waals surface area contributed by atoms with E-state index >= 15 is 0 Å². The zero-order valence-corrected chi connectivity index (χ0v) is 11.9. The van der Waals surface area contributed by atoms with E-state index in [2.05, 4.69) is 31.4 Å². The van der Waals surface area contributed by atoms with Crippen molar-refractivity contribution < 1.29 is 0 Å². The highest BCUT2D eigenvalue weighted by Gasteiger charge is 2.17. The van der Waals surface area contributed by atoms with Gasteiger partial charge in [-0.3, -0.25) is 0 Å². The molecule has 0 saturated heterocycles. The summed E-state index contributed by atoms with van der Waals surface area (Å²) in [5.41, 5.74) is 0. The molecule has 0 radical (unpaired) electrons. The van der Waals surface area contributed by atoms with Crippen molar-refractivity contribution in [2.45, 2.75) is 74.7 Å². The van der Waals surface area contributed by atoms with E-state index < -0.39 is 0 Å². The van der Waals surface area contributed by atoms with Crippen LogP contribution in [0.4, 0.5) is 0 Å². The minimum atomic E-state index is 0.972. The summed E-state index contributed by atoms with van der Waals surface area (Å²) >= 11 is 0.